The fourth-order valence-corrected chi connectivity index (χ4v) is 3.66. The molecule has 1 amide bonds. The lowest BCUT2D eigenvalue weighted by Crippen LogP contribution is -2.46. The number of aromatic amines is 1. The number of hydrogen-bond donors (Lipinski definition) is 2. The number of carbonyl (C=O) groups is 1. The topological polar surface area (TPSA) is 70.2 Å². The van der Waals surface area contributed by atoms with Gasteiger partial charge in [0.05, 0.1) is 24.2 Å². The second-order valence-electron chi connectivity index (χ2n) is 6.72. The van der Waals surface area contributed by atoms with Crippen LogP contribution in [0.5, 0.6) is 0 Å². The van der Waals surface area contributed by atoms with Crippen molar-refractivity contribution in [3.63, 3.8) is 0 Å². The van der Waals surface area contributed by atoms with Gasteiger partial charge in [-0.25, -0.2) is 4.98 Å². The van der Waals surface area contributed by atoms with Gasteiger partial charge in [0.25, 0.3) is 0 Å². The Morgan fingerprint density at radius 2 is 2.12 bits per heavy atom. The van der Waals surface area contributed by atoms with Crippen molar-refractivity contribution in [1.29, 1.82) is 0 Å². The summed E-state index contributed by atoms with van der Waals surface area (Å²) in [4.78, 5) is 22.6. The van der Waals surface area contributed by atoms with Crippen molar-refractivity contribution in [2.45, 2.75) is 31.2 Å². The Balaban J connectivity index is 1.33. The smallest absolute Gasteiger partial charge is 0.224 e. The maximum Gasteiger partial charge on any atom is 0.224 e. The minimum atomic E-state index is 0.166. The molecule has 2 aliphatic heterocycles. The van der Waals surface area contributed by atoms with E-state index >= 15 is 0 Å². The molecule has 2 aliphatic rings. The lowest BCUT2D eigenvalue weighted by Gasteiger charge is -2.33. The van der Waals surface area contributed by atoms with Gasteiger partial charge in [0.15, 0.2) is 0 Å². The van der Waals surface area contributed by atoms with Crippen LogP contribution >= 0.6 is 0 Å². The summed E-state index contributed by atoms with van der Waals surface area (Å²) in [6.45, 7) is 3.85. The van der Waals surface area contributed by atoms with E-state index in [-0.39, 0.29) is 11.9 Å². The molecule has 0 aliphatic carbocycles. The van der Waals surface area contributed by atoms with E-state index in [1.165, 1.54) is 0 Å². The number of H-pyrrole nitrogens is 1. The first-order valence-electron chi connectivity index (χ1n) is 8.83. The van der Waals surface area contributed by atoms with Crippen LogP contribution in [0.1, 0.15) is 31.0 Å². The molecule has 24 heavy (non-hydrogen) atoms. The number of hydrogen-bond acceptors (Lipinski definition) is 4. The Hall–Kier alpha value is -1.92. The Morgan fingerprint density at radius 3 is 2.88 bits per heavy atom. The first-order chi connectivity index (χ1) is 11.8. The molecular formula is C18H24N4O2. The van der Waals surface area contributed by atoms with Gasteiger partial charge >= 0.3 is 0 Å². The lowest BCUT2D eigenvalue weighted by molar-refractivity contribution is -0.133. The Kier molecular flexibility index (Phi) is 4.49. The van der Waals surface area contributed by atoms with Crippen LogP contribution < -0.4 is 5.32 Å². The number of amides is 1. The molecule has 0 saturated carbocycles. The lowest BCUT2D eigenvalue weighted by atomic mass is 9.95. The quantitative estimate of drug-likeness (QED) is 0.899. The average Bonchev–Trinajstić information content (AvgIpc) is 3.07. The second-order valence-corrected chi connectivity index (χ2v) is 6.72. The molecule has 2 saturated heterocycles. The standard InChI is InChI=1S/C18H24N4O2/c23-17(11-14-12-24-10-7-19-14)22-8-5-13(6-9-22)18-20-15-3-1-2-4-16(15)21-18/h1-4,13-14,19H,5-12H2,(H,20,21). The summed E-state index contributed by atoms with van der Waals surface area (Å²) < 4.78 is 5.43. The number of piperidine rings is 1. The molecular weight excluding hydrogens is 304 g/mol. The molecule has 0 radical (unpaired) electrons. The highest BCUT2D eigenvalue weighted by Gasteiger charge is 2.27. The van der Waals surface area contributed by atoms with E-state index in [1.54, 1.807) is 0 Å². The van der Waals surface area contributed by atoms with Gasteiger partial charge in [-0.15, -0.1) is 0 Å². The van der Waals surface area contributed by atoms with Crippen molar-refractivity contribution in [2.24, 2.45) is 0 Å². The third-order valence-corrected chi connectivity index (χ3v) is 5.06. The third-order valence-electron chi connectivity index (χ3n) is 5.06. The van der Waals surface area contributed by atoms with E-state index in [1.807, 2.05) is 23.1 Å². The molecule has 3 heterocycles. The molecule has 128 valence electrons. The number of para-hydroxylation sites is 2. The number of morpholine rings is 1. The van der Waals surface area contributed by atoms with Crippen molar-refractivity contribution < 1.29 is 9.53 Å². The molecule has 1 atom stereocenters. The Bertz CT molecular complexity index is 667. The second kappa shape index (κ2) is 6.91. The van der Waals surface area contributed by atoms with Crippen LogP contribution in [0.4, 0.5) is 0 Å². The number of likely N-dealkylation sites (tertiary alicyclic amines) is 1. The Morgan fingerprint density at radius 1 is 1.29 bits per heavy atom. The molecule has 6 heteroatoms. The van der Waals surface area contributed by atoms with Crippen LogP contribution in [0, 0.1) is 0 Å². The Labute approximate surface area is 141 Å². The van der Waals surface area contributed by atoms with Crippen molar-refractivity contribution in [2.75, 3.05) is 32.8 Å². The molecule has 6 nitrogen and oxygen atoms in total. The maximum atomic E-state index is 12.5. The number of rotatable bonds is 3. The van der Waals surface area contributed by atoms with Crippen molar-refractivity contribution in [3.8, 4) is 0 Å². The molecule has 1 aromatic carbocycles. The van der Waals surface area contributed by atoms with Crippen LogP contribution in [0.3, 0.4) is 0 Å². The van der Waals surface area contributed by atoms with Gasteiger partial charge in [0.1, 0.15) is 5.82 Å². The van der Waals surface area contributed by atoms with Crippen LogP contribution in [-0.2, 0) is 9.53 Å². The third kappa shape index (κ3) is 3.30. The zero-order valence-electron chi connectivity index (χ0n) is 13.8. The van der Waals surface area contributed by atoms with Crippen LogP contribution in [0.25, 0.3) is 11.0 Å². The summed E-state index contributed by atoms with van der Waals surface area (Å²) in [5.41, 5.74) is 2.11. The highest BCUT2D eigenvalue weighted by molar-refractivity contribution is 5.77. The number of fused-ring (bicyclic) bond motifs is 1. The fourth-order valence-electron chi connectivity index (χ4n) is 3.66. The summed E-state index contributed by atoms with van der Waals surface area (Å²) in [5, 5.41) is 3.35. The van der Waals surface area contributed by atoms with Gasteiger partial charge in [-0.2, -0.15) is 0 Å². The molecule has 0 bridgehead atoms. The molecule has 1 unspecified atom stereocenters. The predicted octanol–water partition coefficient (Wildman–Crippen LogP) is 1.65. The number of ether oxygens (including phenoxy) is 1. The average molecular weight is 328 g/mol. The van der Waals surface area contributed by atoms with E-state index in [0.717, 1.165) is 55.9 Å². The zero-order valence-corrected chi connectivity index (χ0v) is 13.8. The van der Waals surface area contributed by atoms with Crippen molar-refractivity contribution in [1.82, 2.24) is 20.2 Å². The number of imidazole rings is 1. The van der Waals surface area contributed by atoms with Crippen LogP contribution in [0.15, 0.2) is 24.3 Å². The highest BCUT2D eigenvalue weighted by atomic mass is 16.5. The number of carbonyl (C=O) groups excluding carboxylic acids is 1. The number of nitrogens with zero attached hydrogens (tertiary/aromatic N) is 2. The van der Waals surface area contributed by atoms with Gasteiger partial charge < -0.3 is 19.9 Å². The van der Waals surface area contributed by atoms with E-state index in [9.17, 15) is 4.79 Å². The largest absolute Gasteiger partial charge is 0.378 e. The van der Waals surface area contributed by atoms with Gasteiger partial charge in [-0.05, 0) is 25.0 Å². The van der Waals surface area contributed by atoms with E-state index in [2.05, 4.69) is 16.4 Å². The summed E-state index contributed by atoms with van der Waals surface area (Å²) in [6.07, 6.45) is 2.48. The van der Waals surface area contributed by atoms with Crippen LogP contribution in [-0.4, -0.2) is 59.7 Å². The van der Waals surface area contributed by atoms with E-state index in [4.69, 9.17) is 9.72 Å². The summed E-state index contributed by atoms with van der Waals surface area (Å²) >= 11 is 0. The first kappa shape index (κ1) is 15.6. The molecule has 0 spiro atoms. The van der Waals surface area contributed by atoms with Gasteiger partial charge in [0.2, 0.25) is 5.91 Å². The van der Waals surface area contributed by atoms with Crippen molar-refractivity contribution in [3.05, 3.63) is 30.1 Å². The number of nitrogens with one attached hydrogen (secondary N) is 2. The van der Waals surface area contributed by atoms with Gasteiger partial charge in [-0.3, -0.25) is 4.79 Å². The monoisotopic (exact) mass is 328 g/mol. The van der Waals surface area contributed by atoms with E-state index in [0.29, 0.717) is 18.9 Å². The SMILES string of the molecule is O=C(CC1COCCN1)N1CCC(c2nc3ccccc3[nH]2)CC1. The minimum Gasteiger partial charge on any atom is -0.378 e. The minimum absolute atomic E-state index is 0.166. The summed E-state index contributed by atoms with van der Waals surface area (Å²) in [5.74, 6) is 1.71. The normalized spacial score (nSPS) is 22.8. The molecule has 2 N–H and O–H groups in total. The molecule has 1 aromatic heterocycles. The van der Waals surface area contributed by atoms with Crippen LogP contribution in [0.2, 0.25) is 0 Å². The van der Waals surface area contributed by atoms with Crippen molar-refractivity contribution >= 4 is 16.9 Å². The zero-order chi connectivity index (χ0) is 16.4. The number of aromatic nitrogens is 2. The molecule has 4 rings (SSSR count). The summed E-state index contributed by atoms with van der Waals surface area (Å²) in [7, 11) is 0. The first-order valence-corrected chi connectivity index (χ1v) is 8.83. The molecule has 2 fully saturated rings. The fraction of sp³-hybridized carbons (Fsp3) is 0.556. The molecule has 2 aromatic rings. The van der Waals surface area contributed by atoms with E-state index < -0.39 is 0 Å². The summed E-state index contributed by atoms with van der Waals surface area (Å²) in [6, 6.07) is 8.29. The van der Waals surface area contributed by atoms with Gasteiger partial charge in [0, 0.05) is 38.0 Å². The predicted molar refractivity (Wildman–Crippen MR) is 91.9 cm³/mol. The maximum absolute atomic E-state index is 12.5. The highest BCUT2D eigenvalue weighted by Crippen LogP contribution is 2.28. The van der Waals surface area contributed by atoms with Gasteiger partial charge in [-0.1, -0.05) is 12.1 Å². The number of benzene rings is 1.